The third-order valence-corrected chi connectivity index (χ3v) is 5.24. The molecule has 1 aliphatic heterocycles. The molecule has 21 heavy (non-hydrogen) atoms. The zero-order valence-corrected chi connectivity index (χ0v) is 14.2. The first kappa shape index (κ1) is 16.5. The largest absolute Gasteiger partial charge is 0.385 e. The molecular formula is C16H26N2O2S. The molecular weight excluding hydrogens is 284 g/mol. The first-order valence-electron chi connectivity index (χ1n) is 7.70. The molecule has 1 amide bonds. The molecule has 0 bridgehead atoms. The van der Waals surface area contributed by atoms with Crippen molar-refractivity contribution >= 4 is 17.2 Å². The number of carbonyl (C=O) groups excluding carboxylic acids is 1. The highest BCUT2D eigenvalue weighted by molar-refractivity contribution is 7.12. The summed E-state index contributed by atoms with van der Waals surface area (Å²) in [7, 11) is 1.70. The summed E-state index contributed by atoms with van der Waals surface area (Å²) in [5, 5.41) is 3.54. The van der Waals surface area contributed by atoms with Crippen LogP contribution in [-0.4, -0.2) is 37.1 Å². The van der Waals surface area contributed by atoms with Crippen LogP contribution in [0.1, 0.15) is 42.6 Å². The molecule has 0 aliphatic carbocycles. The third kappa shape index (κ3) is 3.65. The first-order valence-corrected chi connectivity index (χ1v) is 8.52. The Kier molecular flexibility index (Phi) is 5.79. The molecule has 4 nitrogen and oxygen atoms in total. The summed E-state index contributed by atoms with van der Waals surface area (Å²) in [6, 6.07) is 4.19. The van der Waals surface area contributed by atoms with Gasteiger partial charge in [0, 0.05) is 30.0 Å². The van der Waals surface area contributed by atoms with E-state index in [4.69, 9.17) is 4.74 Å². The van der Waals surface area contributed by atoms with Crippen LogP contribution >= 0.6 is 11.3 Å². The topological polar surface area (TPSA) is 41.6 Å². The highest BCUT2D eigenvalue weighted by atomic mass is 32.1. The molecule has 1 fully saturated rings. The molecule has 0 aromatic carbocycles. The van der Waals surface area contributed by atoms with Crippen molar-refractivity contribution in [1.29, 1.82) is 0 Å². The Morgan fingerprint density at radius 1 is 1.48 bits per heavy atom. The summed E-state index contributed by atoms with van der Waals surface area (Å²) in [4.78, 5) is 17.2. The van der Waals surface area contributed by atoms with E-state index in [0.717, 1.165) is 19.4 Å². The number of hydrogen-bond acceptors (Lipinski definition) is 4. The molecule has 1 aromatic rings. The molecule has 118 valence electrons. The van der Waals surface area contributed by atoms with Crippen molar-refractivity contribution in [1.82, 2.24) is 10.2 Å². The number of thiophene rings is 1. The summed E-state index contributed by atoms with van der Waals surface area (Å²) in [6.07, 6.45) is 1.90. The summed E-state index contributed by atoms with van der Waals surface area (Å²) >= 11 is 1.76. The van der Waals surface area contributed by atoms with Crippen molar-refractivity contribution in [3.8, 4) is 0 Å². The van der Waals surface area contributed by atoms with Gasteiger partial charge in [-0.15, -0.1) is 11.3 Å². The number of rotatable bonds is 7. The van der Waals surface area contributed by atoms with E-state index in [1.165, 1.54) is 9.75 Å². The average Bonchev–Trinajstić information content (AvgIpc) is 3.03. The number of nitrogens with one attached hydrogen (secondary N) is 1. The molecule has 2 heterocycles. The zero-order valence-electron chi connectivity index (χ0n) is 13.4. The van der Waals surface area contributed by atoms with Gasteiger partial charge in [-0.1, -0.05) is 20.3 Å². The first-order chi connectivity index (χ1) is 10.1. The number of ether oxygens (including phenoxy) is 1. The number of carbonyl (C=O) groups is 1. The Bertz CT molecular complexity index is 475. The minimum atomic E-state index is -0.0649. The van der Waals surface area contributed by atoms with E-state index >= 15 is 0 Å². The van der Waals surface area contributed by atoms with Gasteiger partial charge in [-0.25, -0.2) is 0 Å². The van der Waals surface area contributed by atoms with Gasteiger partial charge < -0.3 is 9.64 Å². The fourth-order valence-electron chi connectivity index (χ4n) is 2.74. The van der Waals surface area contributed by atoms with Crippen LogP contribution in [0, 0.1) is 12.8 Å². The minimum Gasteiger partial charge on any atom is -0.385 e. The van der Waals surface area contributed by atoms with E-state index in [1.54, 1.807) is 18.4 Å². The van der Waals surface area contributed by atoms with Gasteiger partial charge in [-0.05, 0) is 31.4 Å². The maximum Gasteiger partial charge on any atom is 0.241 e. The lowest BCUT2D eigenvalue weighted by Gasteiger charge is -2.23. The van der Waals surface area contributed by atoms with E-state index in [0.29, 0.717) is 12.5 Å². The SMILES string of the molecule is CCC(C)C1NC(c2ccc(C)s2)N(CCCOC)C1=O. The van der Waals surface area contributed by atoms with Gasteiger partial charge in [0.25, 0.3) is 0 Å². The van der Waals surface area contributed by atoms with Crippen LogP contribution in [0.4, 0.5) is 0 Å². The van der Waals surface area contributed by atoms with Gasteiger partial charge in [-0.3, -0.25) is 10.1 Å². The van der Waals surface area contributed by atoms with Crippen molar-refractivity contribution in [3.05, 3.63) is 21.9 Å². The predicted molar refractivity (Wildman–Crippen MR) is 86.4 cm³/mol. The minimum absolute atomic E-state index is 0.0204. The molecule has 1 N–H and O–H groups in total. The number of nitrogens with zero attached hydrogens (tertiary/aromatic N) is 1. The van der Waals surface area contributed by atoms with Gasteiger partial charge in [0.1, 0.15) is 6.17 Å². The van der Waals surface area contributed by atoms with Crippen molar-refractivity contribution in [2.75, 3.05) is 20.3 Å². The van der Waals surface area contributed by atoms with Gasteiger partial charge >= 0.3 is 0 Å². The van der Waals surface area contributed by atoms with Crippen LogP contribution in [-0.2, 0) is 9.53 Å². The normalized spacial score (nSPS) is 23.8. The number of methoxy groups -OCH3 is 1. The molecule has 0 spiro atoms. The maximum absolute atomic E-state index is 12.7. The fourth-order valence-corrected chi connectivity index (χ4v) is 3.69. The average molecular weight is 310 g/mol. The molecule has 1 saturated heterocycles. The highest BCUT2D eigenvalue weighted by Crippen LogP contribution is 2.32. The standard InChI is InChI=1S/C16H26N2O2S/c1-5-11(2)14-16(19)18(9-6-10-20-4)15(17-14)13-8-7-12(3)21-13/h7-8,11,14-15,17H,5-6,9-10H2,1-4H3. The quantitative estimate of drug-likeness (QED) is 0.787. The fraction of sp³-hybridized carbons (Fsp3) is 0.688. The molecule has 1 aliphatic rings. The maximum atomic E-state index is 12.7. The summed E-state index contributed by atoms with van der Waals surface area (Å²) in [6.45, 7) is 7.82. The lowest BCUT2D eigenvalue weighted by molar-refractivity contribution is -0.131. The second-order valence-electron chi connectivity index (χ2n) is 5.76. The van der Waals surface area contributed by atoms with Gasteiger partial charge in [-0.2, -0.15) is 0 Å². The molecule has 0 saturated carbocycles. The zero-order chi connectivity index (χ0) is 15.4. The van der Waals surface area contributed by atoms with E-state index in [9.17, 15) is 4.79 Å². The molecule has 3 atom stereocenters. The molecule has 3 unspecified atom stereocenters. The summed E-state index contributed by atoms with van der Waals surface area (Å²) < 4.78 is 5.12. The Balaban J connectivity index is 2.16. The van der Waals surface area contributed by atoms with E-state index in [1.807, 2.05) is 4.90 Å². The summed E-state index contributed by atoms with van der Waals surface area (Å²) in [5.74, 6) is 0.588. The summed E-state index contributed by atoms with van der Waals surface area (Å²) in [5.41, 5.74) is 0. The predicted octanol–water partition coefficient (Wildman–Crippen LogP) is 2.94. The molecule has 2 rings (SSSR count). The van der Waals surface area contributed by atoms with Crippen LogP contribution in [0.15, 0.2) is 12.1 Å². The van der Waals surface area contributed by atoms with Crippen molar-refractivity contribution in [2.24, 2.45) is 5.92 Å². The van der Waals surface area contributed by atoms with E-state index in [-0.39, 0.29) is 18.1 Å². The Labute approximate surface area is 131 Å². The smallest absolute Gasteiger partial charge is 0.241 e. The van der Waals surface area contributed by atoms with Crippen molar-refractivity contribution in [3.63, 3.8) is 0 Å². The number of hydrogen-bond donors (Lipinski definition) is 1. The lowest BCUT2D eigenvalue weighted by Crippen LogP contribution is -2.36. The lowest BCUT2D eigenvalue weighted by atomic mass is 9.99. The highest BCUT2D eigenvalue weighted by Gasteiger charge is 2.41. The van der Waals surface area contributed by atoms with Crippen LogP contribution < -0.4 is 5.32 Å². The Morgan fingerprint density at radius 2 is 2.24 bits per heavy atom. The van der Waals surface area contributed by atoms with Crippen LogP contribution in [0.25, 0.3) is 0 Å². The number of amides is 1. The van der Waals surface area contributed by atoms with E-state index in [2.05, 4.69) is 38.2 Å². The Hall–Kier alpha value is -0.910. The van der Waals surface area contributed by atoms with Gasteiger partial charge in [0.05, 0.1) is 6.04 Å². The second-order valence-corrected chi connectivity index (χ2v) is 7.08. The van der Waals surface area contributed by atoms with E-state index < -0.39 is 0 Å². The van der Waals surface area contributed by atoms with Crippen LogP contribution in [0.5, 0.6) is 0 Å². The van der Waals surface area contributed by atoms with Gasteiger partial charge in [0.15, 0.2) is 0 Å². The van der Waals surface area contributed by atoms with Gasteiger partial charge in [0.2, 0.25) is 5.91 Å². The second kappa shape index (κ2) is 7.38. The molecule has 0 radical (unpaired) electrons. The van der Waals surface area contributed by atoms with Crippen LogP contribution in [0.2, 0.25) is 0 Å². The van der Waals surface area contributed by atoms with Crippen LogP contribution in [0.3, 0.4) is 0 Å². The van der Waals surface area contributed by atoms with Crippen molar-refractivity contribution < 1.29 is 9.53 Å². The monoisotopic (exact) mass is 310 g/mol. The molecule has 5 heteroatoms. The van der Waals surface area contributed by atoms with Crippen molar-refractivity contribution in [2.45, 2.75) is 45.8 Å². The third-order valence-electron chi connectivity index (χ3n) is 4.19. The Morgan fingerprint density at radius 3 is 2.81 bits per heavy atom. The molecule has 1 aromatic heterocycles. The number of aryl methyl sites for hydroxylation is 1.